The third kappa shape index (κ3) is 3.39. The minimum absolute atomic E-state index is 0.114. The van der Waals surface area contributed by atoms with Crippen molar-refractivity contribution < 1.29 is 17.9 Å². The van der Waals surface area contributed by atoms with Crippen LogP contribution in [0.2, 0.25) is 0 Å². The number of benzene rings is 2. The van der Waals surface area contributed by atoms with Crippen LogP contribution < -0.4 is 14.2 Å². The molecule has 0 fully saturated rings. The summed E-state index contributed by atoms with van der Waals surface area (Å²) in [4.78, 5) is 0.281. The molecule has 1 atom stereocenters. The highest BCUT2D eigenvalue weighted by molar-refractivity contribution is 7.89. The molecule has 6 heteroatoms. The van der Waals surface area contributed by atoms with Crippen molar-refractivity contribution in [2.24, 2.45) is 0 Å². The minimum atomic E-state index is -3.56. The first kappa shape index (κ1) is 16.8. The van der Waals surface area contributed by atoms with Gasteiger partial charge < -0.3 is 9.47 Å². The van der Waals surface area contributed by atoms with E-state index in [1.54, 1.807) is 32.2 Å². The van der Waals surface area contributed by atoms with Crippen molar-refractivity contribution in [3.63, 3.8) is 0 Å². The van der Waals surface area contributed by atoms with Gasteiger partial charge in [-0.15, -0.1) is 0 Å². The SMILES string of the molecule is COc1ccc(S(=O)(=O)NCC2CCOc3ccccc32)c(C)c1. The van der Waals surface area contributed by atoms with Gasteiger partial charge in [0.05, 0.1) is 18.6 Å². The molecule has 2 aromatic rings. The molecule has 0 amide bonds. The molecular weight excluding hydrogens is 326 g/mol. The molecule has 0 saturated heterocycles. The first-order valence-corrected chi connectivity index (χ1v) is 9.35. The third-order valence-electron chi connectivity index (χ3n) is 4.27. The summed E-state index contributed by atoms with van der Waals surface area (Å²) >= 11 is 0. The van der Waals surface area contributed by atoms with E-state index in [1.807, 2.05) is 24.3 Å². The Morgan fingerprint density at radius 3 is 2.79 bits per heavy atom. The molecule has 1 aliphatic rings. The zero-order valence-corrected chi connectivity index (χ0v) is 14.6. The van der Waals surface area contributed by atoms with Gasteiger partial charge in [-0.3, -0.25) is 0 Å². The maximum absolute atomic E-state index is 12.6. The quantitative estimate of drug-likeness (QED) is 0.903. The van der Waals surface area contributed by atoms with Gasteiger partial charge in [-0.05, 0) is 48.7 Å². The third-order valence-corrected chi connectivity index (χ3v) is 5.86. The van der Waals surface area contributed by atoms with Crippen LogP contribution in [-0.4, -0.2) is 28.7 Å². The second-order valence-corrected chi connectivity index (χ2v) is 7.59. The Kier molecular flexibility index (Phi) is 4.78. The highest BCUT2D eigenvalue weighted by Gasteiger charge is 2.24. The van der Waals surface area contributed by atoms with Gasteiger partial charge >= 0.3 is 0 Å². The van der Waals surface area contributed by atoms with Crippen molar-refractivity contribution in [2.75, 3.05) is 20.3 Å². The van der Waals surface area contributed by atoms with Gasteiger partial charge in [-0.1, -0.05) is 18.2 Å². The highest BCUT2D eigenvalue weighted by Crippen LogP contribution is 2.33. The average molecular weight is 347 g/mol. The molecule has 0 saturated carbocycles. The Labute approximate surface area is 142 Å². The Bertz CT molecular complexity index is 833. The molecule has 1 aliphatic heterocycles. The number of ether oxygens (including phenoxy) is 2. The van der Waals surface area contributed by atoms with Crippen molar-refractivity contribution in [3.8, 4) is 11.5 Å². The summed E-state index contributed by atoms with van der Waals surface area (Å²) in [6, 6.07) is 12.7. The molecule has 5 nitrogen and oxygen atoms in total. The number of hydrogen-bond donors (Lipinski definition) is 1. The van der Waals surface area contributed by atoms with Crippen molar-refractivity contribution >= 4 is 10.0 Å². The van der Waals surface area contributed by atoms with E-state index < -0.39 is 10.0 Å². The summed E-state index contributed by atoms with van der Waals surface area (Å²) in [5.74, 6) is 1.60. The molecular formula is C18H21NO4S. The van der Waals surface area contributed by atoms with E-state index in [1.165, 1.54) is 0 Å². The predicted octanol–water partition coefficient (Wildman–Crippen LogP) is 2.85. The summed E-state index contributed by atoms with van der Waals surface area (Å²) in [6.45, 7) is 2.72. The van der Waals surface area contributed by atoms with Crippen LogP contribution in [0, 0.1) is 6.92 Å². The first-order valence-electron chi connectivity index (χ1n) is 7.87. The van der Waals surface area contributed by atoms with Crippen LogP contribution in [0.5, 0.6) is 11.5 Å². The fraction of sp³-hybridized carbons (Fsp3) is 0.333. The lowest BCUT2D eigenvalue weighted by atomic mass is 9.93. The van der Waals surface area contributed by atoms with Crippen LogP contribution in [0.1, 0.15) is 23.5 Å². The number of hydrogen-bond acceptors (Lipinski definition) is 4. The van der Waals surface area contributed by atoms with Gasteiger partial charge in [0.25, 0.3) is 0 Å². The Morgan fingerprint density at radius 2 is 2.04 bits per heavy atom. The van der Waals surface area contributed by atoms with Gasteiger partial charge in [-0.25, -0.2) is 13.1 Å². The van der Waals surface area contributed by atoms with Crippen LogP contribution in [0.25, 0.3) is 0 Å². The fourth-order valence-corrected chi connectivity index (χ4v) is 4.27. The van der Waals surface area contributed by atoms with Crippen molar-refractivity contribution in [2.45, 2.75) is 24.2 Å². The number of methoxy groups -OCH3 is 1. The second kappa shape index (κ2) is 6.83. The highest BCUT2D eigenvalue weighted by atomic mass is 32.2. The van der Waals surface area contributed by atoms with Crippen molar-refractivity contribution in [3.05, 3.63) is 53.6 Å². The number of aryl methyl sites for hydroxylation is 1. The number of rotatable bonds is 5. The lowest BCUT2D eigenvalue weighted by Crippen LogP contribution is -2.31. The lowest BCUT2D eigenvalue weighted by Gasteiger charge is -2.26. The average Bonchev–Trinajstić information content (AvgIpc) is 2.59. The summed E-state index contributed by atoms with van der Waals surface area (Å²) in [5.41, 5.74) is 1.71. The summed E-state index contributed by atoms with van der Waals surface area (Å²) in [6.07, 6.45) is 0.793. The molecule has 0 radical (unpaired) electrons. The van der Waals surface area contributed by atoms with E-state index >= 15 is 0 Å². The van der Waals surface area contributed by atoms with Crippen LogP contribution in [0.15, 0.2) is 47.4 Å². The Balaban J connectivity index is 1.77. The zero-order valence-electron chi connectivity index (χ0n) is 13.8. The van der Waals surface area contributed by atoms with Crippen LogP contribution in [0.3, 0.4) is 0 Å². The van der Waals surface area contributed by atoms with E-state index in [0.29, 0.717) is 24.5 Å². The topological polar surface area (TPSA) is 64.6 Å². The van der Waals surface area contributed by atoms with Crippen molar-refractivity contribution in [1.29, 1.82) is 0 Å². The molecule has 2 aromatic carbocycles. The van der Waals surface area contributed by atoms with Crippen LogP contribution in [0.4, 0.5) is 0 Å². The lowest BCUT2D eigenvalue weighted by molar-refractivity contribution is 0.267. The van der Waals surface area contributed by atoms with Gasteiger partial charge in [0.15, 0.2) is 0 Å². The standard InChI is InChI=1S/C18H21NO4S/c1-13-11-15(22-2)7-8-18(13)24(20,21)19-12-14-9-10-23-17-6-4-3-5-16(14)17/h3-8,11,14,19H,9-10,12H2,1-2H3. The van der Waals surface area contributed by atoms with Crippen molar-refractivity contribution in [1.82, 2.24) is 4.72 Å². The van der Waals surface area contributed by atoms with Gasteiger partial charge in [0, 0.05) is 12.5 Å². The number of sulfonamides is 1. The Morgan fingerprint density at radius 1 is 1.25 bits per heavy atom. The molecule has 128 valence electrons. The normalized spacial score (nSPS) is 17.0. The molecule has 0 aromatic heterocycles. The van der Waals surface area contributed by atoms with Gasteiger partial charge in [0.2, 0.25) is 10.0 Å². The molecule has 0 spiro atoms. The minimum Gasteiger partial charge on any atom is -0.497 e. The van der Waals surface area contributed by atoms with Crippen LogP contribution in [-0.2, 0) is 10.0 Å². The van der Waals surface area contributed by atoms with E-state index in [0.717, 1.165) is 17.7 Å². The van der Waals surface area contributed by atoms with Crippen LogP contribution >= 0.6 is 0 Å². The van der Waals surface area contributed by atoms with Gasteiger partial charge in [-0.2, -0.15) is 0 Å². The first-order chi connectivity index (χ1) is 11.5. The molecule has 24 heavy (non-hydrogen) atoms. The maximum Gasteiger partial charge on any atom is 0.240 e. The summed E-state index contributed by atoms with van der Waals surface area (Å²) < 4.78 is 38.7. The zero-order chi connectivity index (χ0) is 17.2. The van der Waals surface area contributed by atoms with E-state index in [2.05, 4.69) is 4.72 Å². The molecule has 3 rings (SSSR count). The number of nitrogens with one attached hydrogen (secondary N) is 1. The number of para-hydroxylation sites is 1. The molecule has 0 aliphatic carbocycles. The molecule has 1 unspecified atom stereocenters. The fourth-order valence-electron chi connectivity index (χ4n) is 2.97. The maximum atomic E-state index is 12.6. The van der Waals surface area contributed by atoms with E-state index in [-0.39, 0.29) is 10.8 Å². The number of fused-ring (bicyclic) bond motifs is 1. The van der Waals surface area contributed by atoms with E-state index in [4.69, 9.17) is 9.47 Å². The second-order valence-electron chi connectivity index (χ2n) is 5.86. The summed E-state index contributed by atoms with van der Waals surface area (Å²) in [5, 5.41) is 0. The largest absolute Gasteiger partial charge is 0.497 e. The molecule has 1 heterocycles. The smallest absolute Gasteiger partial charge is 0.240 e. The molecule has 1 N–H and O–H groups in total. The van der Waals surface area contributed by atoms with E-state index in [9.17, 15) is 8.42 Å². The van der Waals surface area contributed by atoms with Gasteiger partial charge in [0.1, 0.15) is 11.5 Å². The predicted molar refractivity (Wildman–Crippen MR) is 92.2 cm³/mol. The monoisotopic (exact) mass is 347 g/mol. The Hall–Kier alpha value is -2.05. The summed E-state index contributed by atoms with van der Waals surface area (Å²) in [7, 11) is -2.00. The molecule has 0 bridgehead atoms.